The Kier molecular flexibility index (Phi) is 4.66. The van der Waals surface area contributed by atoms with Crippen LogP contribution in [-0.4, -0.2) is 13.7 Å². The van der Waals surface area contributed by atoms with Gasteiger partial charge in [0.05, 0.1) is 12.1 Å². The van der Waals surface area contributed by atoms with Crippen molar-refractivity contribution in [3.8, 4) is 17.2 Å². The highest BCUT2D eigenvalue weighted by Crippen LogP contribution is 2.30. The first-order valence-electron chi connectivity index (χ1n) is 6.03. The van der Waals surface area contributed by atoms with Gasteiger partial charge < -0.3 is 15.2 Å². The normalized spacial score (nSPS) is 10.3. The first-order chi connectivity index (χ1) is 9.22. The molecular formula is C15H16ClNO2. The van der Waals surface area contributed by atoms with Gasteiger partial charge in [0.25, 0.3) is 0 Å². The minimum absolute atomic E-state index is 0.585. The van der Waals surface area contributed by atoms with Crippen LogP contribution in [0.5, 0.6) is 17.2 Å². The summed E-state index contributed by atoms with van der Waals surface area (Å²) in [5, 5.41) is 0.585. The van der Waals surface area contributed by atoms with Gasteiger partial charge in [0.1, 0.15) is 17.2 Å². The molecule has 0 fully saturated rings. The molecule has 19 heavy (non-hydrogen) atoms. The van der Waals surface area contributed by atoms with Crippen LogP contribution >= 0.6 is 11.6 Å². The summed E-state index contributed by atoms with van der Waals surface area (Å²) >= 11 is 6.18. The number of benzene rings is 2. The van der Waals surface area contributed by atoms with E-state index in [4.69, 9.17) is 26.8 Å². The van der Waals surface area contributed by atoms with Gasteiger partial charge in [0, 0.05) is 0 Å². The monoisotopic (exact) mass is 277 g/mol. The highest BCUT2D eigenvalue weighted by atomic mass is 35.5. The zero-order chi connectivity index (χ0) is 13.7. The van der Waals surface area contributed by atoms with E-state index in [9.17, 15) is 0 Å². The van der Waals surface area contributed by atoms with E-state index in [1.165, 1.54) is 0 Å². The molecular weight excluding hydrogens is 262 g/mol. The van der Waals surface area contributed by atoms with Gasteiger partial charge in [-0.05, 0) is 54.9 Å². The van der Waals surface area contributed by atoms with Gasteiger partial charge in [-0.3, -0.25) is 0 Å². The molecule has 0 spiro atoms. The van der Waals surface area contributed by atoms with Crippen molar-refractivity contribution in [3.63, 3.8) is 0 Å². The SMILES string of the molecule is COc1ccc(Oc2ccc(CCN)cc2Cl)cc1. The molecule has 0 aliphatic carbocycles. The van der Waals surface area contributed by atoms with E-state index in [2.05, 4.69) is 0 Å². The molecule has 100 valence electrons. The van der Waals surface area contributed by atoms with Crippen LogP contribution in [0.4, 0.5) is 0 Å². The summed E-state index contributed by atoms with van der Waals surface area (Å²) in [6.07, 6.45) is 0.808. The maximum absolute atomic E-state index is 6.18. The Hall–Kier alpha value is -1.71. The van der Waals surface area contributed by atoms with Gasteiger partial charge in [-0.15, -0.1) is 0 Å². The molecule has 0 unspecified atom stereocenters. The van der Waals surface area contributed by atoms with Crippen LogP contribution in [0.25, 0.3) is 0 Å². The number of rotatable bonds is 5. The summed E-state index contributed by atoms with van der Waals surface area (Å²) in [5.74, 6) is 2.14. The van der Waals surface area contributed by atoms with E-state index in [-0.39, 0.29) is 0 Å². The van der Waals surface area contributed by atoms with Crippen LogP contribution in [0.1, 0.15) is 5.56 Å². The lowest BCUT2D eigenvalue weighted by Crippen LogP contribution is -2.02. The predicted octanol–water partition coefficient (Wildman–Crippen LogP) is 3.64. The van der Waals surface area contributed by atoms with Gasteiger partial charge in [0.2, 0.25) is 0 Å². The molecule has 3 nitrogen and oxygen atoms in total. The highest BCUT2D eigenvalue weighted by Gasteiger charge is 2.04. The van der Waals surface area contributed by atoms with Crippen molar-refractivity contribution in [1.82, 2.24) is 0 Å². The Labute approximate surface area is 117 Å². The molecule has 0 radical (unpaired) electrons. The summed E-state index contributed by atoms with van der Waals surface area (Å²) in [5.41, 5.74) is 6.62. The third-order valence-corrected chi connectivity index (χ3v) is 3.01. The third-order valence-electron chi connectivity index (χ3n) is 2.72. The molecule has 2 aromatic carbocycles. The predicted molar refractivity (Wildman–Crippen MR) is 77.3 cm³/mol. The Morgan fingerprint density at radius 2 is 1.74 bits per heavy atom. The fourth-order valence-corrected chi connectivity index (χ4v) is 1.96. The van der Waals surface area contributed by atoms with Crippen molar-refractivity contribution in [1.29, 1.82) is 0 Å². The topological polar surface area (TPSA) is 44.5 Å². The molecule has 0 aliphatic heterocycles. The summed E-state index contributed by atoms with van der Waals surface area (Å²) < 4.78 is 10.8. The van der Waals surface area contributed by atoms with Gasteiger partial charge in [-0.1, -0.05) is 17.7 Å². The van der Waals surface area contributed by atoms with Crippen LogP contribution < -0.4 is 15.2 Å². The molecule has 0 atom stereocenters. The average molecular weight is 278 g/mol. The molecule has 2 N–H and O–H groups in total. The molecule has 2 rings (SSSR count). The summed E-state index contributed by atoms with van der Waals surface area (Å²) in [7, 11) is 1.63. The van der Waals surface area contributed by atoms with E-state index in [0.29, 0.717) is 23.1 Å². The van der Waals surface area contributed by atoms with Crippen molar-refractivity contribution in [3.05, 3.63) is 53.1 Å². The second-order valence-electron chi connectivity index (χ2n) is 4.08. The first kappa shape index (κ1) is 13.7. The zero-order valence-electron chi connectivity index (χ0n) is 10.7. The number of hydrogen-bond donors (Lipinski definition) is 1. The fraction of sp³-hybridized carbons (Fsp3) is 0.200. The zero-order valence-corrected chi connectivity index (χ0v) is 11.5. The Bertz CT molecular complexity index is 540. The molecule has 0 saturated heterocycles. The standard InChI is InChI=1S/C15H16ClNO2/c1-18-12-3-5-13(6-4-12)19-15-7-2-11(8-9-17)10-14(15)16/h2-7,10H,8-9,17H2,1H3. The Balaban J connectivity index is 2.13. The summed E-state index contributed by atoms with van der Waals surface area (Å²) in [4.78, 5) is 0. The second kappa shape index (κ2) is 6.45. The van der Waals surface area contributed by atoms with Gasteiger partial charge in [-0.2, -0.15) is 0 Å². The molecule has 0 aromatic heterocycles. The van der Waals surface area contributed by atoms with Gasteiger partial charge in [-0.25, -0.2) is 0 Å². The fourth-order valence-electron chi connectivity index (χ4n) is 1.72. The second-order valence-corrected chi connectivity index (χ2v) is 4.49. The molecule has 0 bridgehead atoms. The number of hydrogen-bond acceptors (Lipinski definition) is 3. The molecule has 0 aliphatic rings. The number of halogens is 1. The lowest BCUT2D eigenvalue weighted by atomic mass is 10.1. The molecule has 0 heterocycles. The van der Waals surface area contributed by atoms with Crippen LogP contribution in [0.2, 0.25) is 5.02 Å². The molecule has 4 heteroatoms. The summed E-state index contributed by atoms with van der Waals surface area (Å²) in [6, 6.07) is 13.1. The largest absolute Gasteiger partial charge is 0.497 e. The van der Waals surface area contributed by atoms with Crippen LogP contribution in [0.3, 0.4) is 0 Å². The number of ether oxygens (including phenoxy) is 2. The van der Waals surface area contributed by atoms with E-state index in [1.54, 1.807) is 7.11 Å². The Morgan fingerprint density at radius 3 is 2.32 bits per heavy atom. The molecule has 2 aromatic rings. The minimum Gasteiger partial charge on any atom is -0.497 e. The minimum atomic E-state index is 0.585. The van der Waals surface area contributed by atoms with Gasteiger partial charge in [0.15, 0.2) is 0 Å². The number of nitrogens with two attached hydrogens (primary N) is 1. The molecule has 0 saturated carbocycles. The maximum Gasteiger partial charge on any atom is 0.146 e. The van der Waals surface area contributed by atoms with Crippen LogP contribution in [0.15, 0.2) is 42.5 Å². The first-order valence-corrected chi connectivity index (χ1v) is 6.41. The smallest absolute Gasteiger partial charge is 0.146 e. The van der Waals surface area contributed by atoms with Crippen LogP contribution in [-0.2, 0) is 6.42 Å². The van der Waals surface area contributed by atoms with Gasteiger partial charge >= 0.3 is 0 Å². The van der Waals surface area contributed by atoms with Crippen molar-refractivity contribution in [2.24, 2.45) is 5.73 Å². The van der Waals surface area contributed by atoms with Crippen molar-refractivity contribution >= 4 is 11.6 Å². The van der Waals surface area contributed by atoms with E-state index >= 15 is 0 Å². The maximum atomic E-state index is 6.18. The third kappa shape index (κ3) is 3.63. The van der Waals surface area contributed by atoms with Crippen LogP contribution in [0, 0.1) is 0 Å². The highest BCUT2D eigenvalue weighted by molar-refractivity contribution is 6.32. The van der Waals surface area contributed by atoms with Crippen molar-refractivity contribution in [2.45, 2.75) is 6.42 Å². The van der Waals surface area contributed by atoms with E-state index in [1.807, 2.05) is 42.5 Å². The lowest BCUT2D eigenvalue weighted by Gasteiger charge is -2.09. The molecule has 0 amide bonds. The summed E-state index contributed by atoms with van der Waals surface area (Å²) in [6.45, 7) is 0.606. The van der Waals surface area contributed by atoms with E-state index < -0.39 is 0 Å². The lowest BCUT2D eigenvalue weighted by molar-refractivity contribution is 0.413. The van der Waals surface area contributed by atoms with E-state index in [0.717, 1.165) is 17.7 Å². The quantitative estimate of drug-likeness (QED) is 0.907. The number of methoxy groups -OCH3 is 1. The van der Waals surface area contributed by atoms with Crippen molar-refractivity contribution in [2.75, 3.05) is 13.7 Å². The van der Waals surface area contributed by atoms with Crippen molar-refractivity contribution < 1.29 is 9.47 Å². The average Bonchev–Trinajstić information content (AvgIpc) is 2.43. The Morgan fingerprint density at radius 1 is 1.05 bits per heavy atom.